The molecule has 7 nitrogen and oxygen atoms in total. The van der Waals surface area contributed by atoms with Gasteiger partial charge >= 0.3 is 17.9 Å². The Bertz CT molecular complexity index is 1230. The van der Waals surface area contributed by atoms with Crippen molar-refractivity contribution in [2.45, 2.75) is 6.92 Å². The summed E-state index contributed by atoms with van der Waals surface area (Å²) in [7, 11) is 0. The Balaban J connectivity index is 2.74. The SMILES string of the molecule is C=C(C)C(=O)c1c(C(=O)O)c(C(=O)O)c(C(=O)O)c2cc3ccccc3cc12. The number of aromatic carboxylic acids is 3. The van der Waals surface area contributed by atoms with Crippen LogP contribution >= 0.6 is 0 Å². The van der Waals surface area contributed by atoms with Gasteiger partial charge in [-0.3, -0.25) is 4.79 Å². The summed E-state index contributed by atoms with van der Waals surface area (Å²) in [6, 6.07) is 9.81. The van der Waals surface area contributed by atoms with E-state index in [0.717, 1.165) is 0 Å². The normalized spacial score (nSPS) is 10.8. The van der Waals surface area contributed by atoms with Crippen LogP contribution in [0.4, 0.5) is 0 Å². The zero-order chi connectivity index (χ0) is 20.7. The molecule has 0 atom stereocenters. The molecule has 140 valence electrons. The van der Waals surface area contributed by atoms with Crippen LogP contribution in [-0.4, -0.2) is 39.0 Å². The molecule has 0 radical (unpaired) electrons. The van der Waals surface area contributed by atoms with Crippen molar-refractivity contribution >= 4 is 45.2 Å². The van der Waals surface area contributed by atoms with Gasteiger partial charge in [-0.1, -0.05) is 30.8 Å². The number of rotatable bonds is 5. The van der Waals surface area contributed by atoms with Crippen LogP contribution in [0.15, 0.2) is 48.6 Å². The van der Waals surface area contributed by atoms with Crippen LogP contribution in [0.1, 0.15) is 48.4 Å². The van der Waals surface area contributed by atoms with Crippen molar-refractivity contribution in [3.05, 3.63) is 70.8 Å². The van der Waals surface area contributed by atoms with E-state index in [2.05, 4.69) is 6.58 Å². The van der Waals surface area contributed by atoms with Gasteiger partial charge in [-0.05, 0) is 46.2 Å². The Hall–Kier alpha value is -4.00. The van der Waals surface area contributed by atoms with E-state index in [9.17, 15) is 34.5 Å². The standard InChI is InChI=1S/C21H14O7/c1-9(2)18(22)14-12-7-10-5-3-4-6-11(10)8-13(12)15(19(23)24)17(21(27)28)16(14)20(25)26/h3-8H,1H2,2H3,(H,23,24)(H,25,26)(H,27,28). The van der Waals surface area contributed by atoms with Crippen LogP contribution in [0.3, 0.4) is 0 Å². The zero-order valence-corrected chi connectivity index (χ0v) is 14.6. The minimum atomic E-state index is -1.75. The van der Waals surface area contributed by atoms with Crippen LogP contribution in [0.5, 0.6) is 0 Å². The fourth-order valence-corrected chi connectivity index (χ4v) is 3.27. The lowest BCUT2D eigenvalue weighted by molar-refractivity contribution is 0.0633. The smallest absolute Gasteiger partial charge is 0.337 e. The van der Waals surface area contributed by atoms with Crippen molar-refractivity contribution in [2.24, 2.45) is 0 Å². The van der Waals surface area contributed by atoms with E-state index in [1.54, 1.807) is 24.3 Å². The fourth-order valence-electron chi connectivity index (χ4n) is 3.27. The number of carboxylic acids is 3. The molecule has 0 unspecified atom stereocenters. The lowest BCUT2D eigenvalue weighted by Gasteiger charge is -2.17. The summed E-state index contributed by atoms with van der Waals surface area (Å²) in [5.74, 6) is -5.83. The van der Waals surface area contributed by atoms with Crippen molar-refractivity contribution in [1.29, 1.82) is 0 Å². The summed E-state index contributed by atoms with van der Waals surface area (Å²) >= 11 is 0. The summed E-state index contributed by atoms with van der Waals surface area (Å²) in [6.45, 7) is 4.89. The molecule has 7 heteroatoms. The second kappa shape index (κ2) is 6.62. The number of hydrogen-bond donors (Lipinski definition) is 3. The van der Waals surface area contributed by atoms with Gasteiger partial charge in [-0.25, -0.2) is 14.4 Å². The molecule has 3 aromatic carbocycles. The van der Waals surface area contributed by atoms with E-state index < -0.39 is 40.4 Å². The summed E-state index contributed by atoms with van der Waals surface area (Å²) in [5, 5.41) is 30.2. The Kier molecular flexibility index (Phi) is 4.44. The van der Waals surface area contributed by atoms with E-state index in [4.69, 9.17) is 0 Å². The van der Waals surface area contributed by atoms with E-state index in [0.29, 0.717) is 10.8 Å². The topological polar surface area (TPSA) is 129 Å². The molecule has 3 rings (SSSR count). The molecule has 0 amide bonds. The van der Waals surface area contributed by atoms with Gasteiger partial charge in [0.25, 0.3) is 0 Å². The second-order valence-corrected chi connectivity index (χ2v) is 6.27. The number of ketones is 1. The lowest BCUT2D eigenvalue weighted by atomic mass is 9.84. The molecule has 0 fully saturated rings. The molecule has 0 spiro atoms. The molecule has 3 aromatic rings. The first-order valence-electron chi connectivity index (χ1n) is 8.07. The maximum Gasteiger partial charge on any atom is 0.337 e. The minimum Gasteiger partial charge on any atom is -0.478 e. The number of benzene rings is 3. The highest BCUT2D eigenvalue weighted by Gasteiger charge is 2.33. The molecule has 0 aliphatic heterocycles. The molecule has 0 aliphatic carbocycles. The lowest BCUT2D eigenvalue weighted by Crippen LogP contribution is -2.20. The first kappa shape index (κ1) is 18.8. The van der Waals surface area contributed by atoms with Crippen molar-refractivity contribution in [3.8, 4) is 0 Å². The molecule has 28 heavy (non-hydrogen) atoms. The monoisotopic (exact) mass is 378 g/mol. The van der Waals surface area contributed by atoms with E-state index in [-0.39, 0.29) is 21.9 Å². The number of allylic oxidation sites excluding steroid dienone is 1. The molecule has 0 heterocycles. The van der Waals surface area contributed by atoms with Gasteiger partial charge in [0.1, 0.15) is 0 Å². The molecule has 0 aromatic heterocycles. The van der Waals surface area contributed by atoms with Gasteiger partial charge in [-0.15, -0.1) is 0 Å². The summed E-state index contributed by atoms with van der Waals surface area (Å²) in [4.78, 5) is 48.4. The maximum atomic E-state index is 12.8. The van der Waals surface area contributed by atoms with Gasteiger partial charge in [0.2, 0.25) is 0 Å². The van der Waals surface area contributed by atoms with Crippen LogP contribution in [0, 0.1) is 0 Å². The average molecular weight is 378 g/mol. The van der Waals surface area contributed by atoms with Gasteiger partial charge < -0.3 is 15.3 Å². The summed E-state index contributed by atoms with van der Waals surface area (Å²) in [6.07, 6.45) is 0. The molecule has 0 saturated carbocycles. The number of Topliss-reactive ketones (excluding diaryl/α,β-unsaturated/α-hetero) is 1. The Morgan fingerprint density at radius 3 is 1.50 bits per heavy atom. The Morgan fingerprint density at radius 2 is 1.11 bits per heavy atom. The highest BCUT2D eigenvalue weighted by molar-refractivity contribution is 6.28. The molecule has 3 N–H and O–H groups in total. The Morgan fingerprint density at radius 1 is 0.714 bits per heavy atom. The number of hydrogen-bond acceptors (Lipinski definition) is 4. The predicted octanol–water partition coefficient (Wildman–Crippen LogP) is 3.85. The number of carboxylic acid groups (broad SMARTS) is 3. The predicted molar refractivity (Wildman–Crippen MR) is 101 cm³/mol. The molecule has 0 aliphatic rings. The third-order valence-corrected chi connectivity index (χ3v) is 4.43. The summed E-state index contributed by atoms with van der Waals surface area (Å²) < 4.78 is 0. The van der Waals surface area contributed by atoms with Crippen molar-refractivity contribution in [2.75, 3.05) is 0 Å². The molecular weight excluding hydrogens is 364 g/mol. The first-order chi connectivity index (χ1) is 13.1. The van der Waals surface area contributed by atoms with E-state index in [1.807, 2.05) is 0 Å². The highest BCUT2D eigenvalue weighted by atomic mass is 16.4. The number of carbonyl (C=O) groups excluding carboxylic acids is 1. The second-order valence-electron chi connectivity index (χ2n) is 6.27. The minimum absolute atomic E-state index is 0.00336. The van der Waals surface area contributed by atoms with Gasteiger partial charge in [-0.2, -0.15) is 0 Å². The highest BCUT2D eigenvalue weighted by Crippen LogP contribution is 2.35. The number of carbonyl (C=O) groups is 4. The van der Waals surface area contributed by atoms with E-state index in [1.165, 1.54) is 19.1 Å². The average Bonchev–Trinajstić information content (AvgIpc) is 2.63. The Labute approximate surface area is 158 Å². The summed E-state index contributed by atoms with van der Waals surface area (Å²) in [5.41, 5.74) is -2.86. The largest absolute Gasteiger partial charge is 0.478 e. The quantitative estimate of drug-likeness (QED) is 0.349. The fraction of sp³-hybridized carbons (Fsp3) is 0.0476. The molecule has 0 bridgehead atoms. The van der Waals surface area contributed by atoms with Crippen molar-refractivity contribution in [3.63, 3.8) is 0 Å². The zero-order valence-electron chi connectivity index (χ0n) is 14.6. The van der Waals surface area contributed by atoms with Gasteiger partial charge in [0.15, 0.2) is 5.78 Å². The van der Waals surface area contributed by atoms with Gasteiger partial charge in [0, 0.05) is 5.56 Å². The van der Waals surface area contributed by atoms with Crippen LogP contribution < -0.4 is 0 Å². The third-order valence-electron chi connectivity index (χ3n) is 4.43. The van der Waals surface area contributed by atoms with Gasteiger partial charge in [0.05, 0.1) is 16.7 Å². The van der Waals surface area contributed by atoms with E-state index >= 15 is 0 Å². The van der Waals surface area contributed by atoms with Crippen LogP contribution in [0.2, 0.25) is 0 Å². The van der Waals surface area contributed by atoms with Crippen molar-refractivity contribution in [1.82, 2.24) is 0 Å². The van der Waals surface area contributed by atoms with Crippen molar-refractivity contribution < 1.29 is 34.5 Å². The third kappa shape index (κ3) is 2.79. The van der Waals surface area contributed by atoms with Crippen LogP contribution in [-0.2, 0) is 0 Å². The molecule has 0 saturated heterocycles. The van der Waals surface area contributed by atoms with Crippen LogP contribution in [0.25, 0.3) is 21.5 Å². The number of fused-ring (bicyclic) bond motifs is 2. The molecular formula is C21H14O7. The first-order valence-corrected chi connectivity index (χ1v) is 8.07. The maximum absolute atomic E-state index is 12.8.